The van der Waals surface area contributed by atoms with E-state index in [1.54, 1.807) is 0 Å². The molecule has 0 bridgehead atoms. The van der Waals surface area contributed by atoms with Crippen molar-refractivity contribution >= 4 is 0 Å². The Labute approximate surface area is 105 Å². The Balaban J connectivity index is 1.65. The average Bonchev–Trinajstić information content (AvgIpc) is 2.76. The lowest BCUT2D eigenvalue weighted by Crippen LogP contribution is -2.26. The van der Waals surface area contributed by atoms with Gasteiger partial charge in [-0.25, -0.2) is 0 Å². The fourth-order valence-electron chi connectivity index (χ4n) is 2.93. The highest BCUT2D eigenvalue weighted by Gasteiger charge is 2.19. The minimum Gasteiger partial charge on any atom is -0.353 e. The molecule has 0 atom stereocenters. The number of nitrogens with zero attached hydrogens (tertiary/aromatic N) is 1. The third kappa shape index (κ3) is 3.60. The van der Waals surface area contributed by atoms with Crippen molar-refractivity contribution in [1.82, 2.24) is 9.88 Å². The van der Waals surface area contributed by atoms with Gasteiger partial charge < -0.3 is 9.88 Å². The molecule has 0 aromatic carbocycles. The Hall–Kier alpha value is -0.760. The Morgan fingerprint density at radius 2 is 1.94 bits per heavy atom. The lowest BCUT2D eigenvalue weighted by Gasteiger charge is -2.27. The summed E-state index contributed by atoms with van der Waals surface area (Å²) >= 11 is 0. The molecule has 1 saturated carbocycles. The van der Waals surface area contributed by atoms with Crippen LogP contribution in [0.25, 0.3) is 0 Å². The molecule has 0 amide bonds. The van der Waals surface area contributed by atoms with Gasteiger partial charge in [-0.3, -0.25) is 0 Å². The first-order chi connectivity index (χ1) is 8.29. The van der Waals surface area contributed by atoms with E-state index < -0.39 is 0 Å². The Bertz CT molecular complexity index is 321. The second-order valence-electron chi connectivity index (χ2n) is 5.54. The second kappa shape index (κ2) is 6.25. The van der Waals surface area contributed by atoms with Gasteiger partial charge in [0.1, 0.15) is 0 Å². The molecule has 17 heavy (non-hydrogen) atoms. The number of hydrogen-bond acceptors (Lipinski definition) is 1. The van der Waals surface area contributed by atoms with E-state index in [0.29, 0.717) is 0 Å². The van der Waals surface area contributed by atoms with Gasteiger partial charge in [-0.2, -0.15) is 0 Å². The second-order valence-corrected chi connectivity index (χ2v) is 5.54. The molecule has 1 aromatic rings. The van der Waals surface area contributed by atoms with Crippen LogP contribution in [-0.4, -0.2) is 11.1 Å². The van der Waals surface area contributed by atoms with E-state index >= 15 is 0 Å². The molecule has 96 valence electrons. The maximum Gasteiger partial charge on any atom is 0.0359 e. The predicted octanol–water partition coefficient (Wildman–Crippen LogP) is 3.33. The Kier molecular flexibility index (Phi) is 4.66. The number of hydrogen-bond donors (Lipinski definition) is 1. The molecular formula is C15H26N2. The average molecular weight is 234 g/mol. The molecule has 1 N–H and O–H groups in total. The highest BCUT2D eigenvalue weighted by Crippen LogP contribution is 2.30. The van der Waals surface area contributed by atoms with Crippen molar-refractivity contribution in [1.29, 1.82) is 0 Å². The Morgan fingerprint density at radius 3 is 2.53 bits per heavy atom. The van der Waals surface area contributed by atoms with Crippen molar-refractivity contribution in [2.24, 2.45) is 18.9 Å². The molecule has 0 spiro atoms. The summed E-state index contributed by atoms with van der Waals surface area (Å²) in [5.41, 5.74) is 1.38. The predicted molar refractivity (Wildman–Crippen MR) is 72.9 cm³/mol. The first-order valence-electron chi connectivity index (χ1n) is 7.10. The summed E-state index contributed by atoms with van der Waals surface area (Å²) in [7, 11) is 2.11. The van der Waals surface area contributed by atoms with Crippen molar-refractivity contribution in [3.05, 3.63) is 24.0 Å². The van der Waals surface area contributed by atoms with Crippen molar-refractivity contribution in [2.75, 3.05) is 6.54 Å². The molecule has 2 heteroatoms. The SMILES string of the molecule is CCC1CCC(CNCc2cccn2C)CC1. The molecule has 0 unspecified atom stereocenters. The molecular weight excluding hydrogens is 208 g/mol. The van der Waals surface area contributed by atoms with Crippen LogP contribution in [0.3, 0.4) is 0 Å². The van der Waals surface area contributed by atoms with Gasteiger partial charge in [-0.1, -0.05) is 26.2 Å². The molecule has 0 radical (unpaired) electrons. The number of rotatable bonds is 5. The van der Waals surface area contributed by atoms with E-state index in [9.17, 15) is 0 Å². The van der Waals surface area contributed by atoms with Crippen molar-refractivity contribution in [2.45, 2.75) is 45.6 Å². The monoisotopic (exact) mass is 234 g/mol. The highest BCUT2D eigenvalue weighted by molar-refractivity contribution is 5.05. The zero-order valence-electron chi connectivity index (χ0n) is 11.3. The van der Waals surface area contributed by atoms with Gasteiger partial charge in [0, 0.05) is 25.5 Å². The first kappa shape index (κ1) is 12.7. The third-order valence-corrected chi connectivity index (χ3v) is 4.33. The fraction of sp³-hybridized carbons (Fsp3) is 0.733. The van der Waals surface area contributed by atoms with Gasteiger partial charge >= 0.3 is 0 Å². The van der Waals surface area contributed by atoms with E-state index in [4.69, 9.17) is 0 Å². The van der Waals surface area contributed by atoms with Crippen LogP contribution in [0.5, 0.6) is 0 Å². The molecule has 1 aliphatic rings. The molecule has 1 fully saturated rings. The smallest absolute Gasteiger partial charge is 0.0359 e. The molecule has 2 nitrogen and oxygen atoms in total. The number of aryl methyl sites for hydroxylation is 1. The lowest BCUT2D eigenvalue weighted by atomic mass is 9.81. The minimum absolute atomic E-state index is 0.915. The standard InChI is InChI=1S/C15H26N2/c1-3-13-6-8-14(9-7-13)11-16-12-15-5-4-10-17(15)2/h4-5,10,13-14,16H,3,6-9,11-12H2,1-2H3. The normalized spacial score (nSPS) is 25.1. The van der Waals surface area contributed by atoms with Gasteiger partial charge in [-0.05, 0) is 43.4 Å². The van der Waals surface area contributed by atoms with Crippen LogP contribution < -0.4 is 5.32 Å². The number of aromatic nitrogens is 1. The number of nitrogens with one attached hydrogen (secondary N) is 1. The first-order valence-corrected chi connectivity index (χ1v) is 7.10. The molecule has 1 aliphatic carbocycles. The van der Waals surface area contributed by atoms with Gasteiger partial charge in [-0.15, -0.1) is 0 Å². The van der Waals surface area contributed by atoms with Crippen LogP contribution in [0.1, 0.15) is 44.7 Å². The zero-order chi connectivity index (χ0) is 12.1. The lowest BCUT2D eigenvalue weighted by molar-refractivity contribution is 0.262. The summed E-state index contributed by atoms with van der Waals surface area (Å²) in [6, 6.07) is 4.31. The van der Waals surface area contributed by atoms with Gasteiger partial charge in [0.25, 0.3) is 0 Å². The van der Waals surface area contributed by atoms with E-state index in [1.165, 1.54) is 44.3 Å². The van der Waals surface area contributed by atoms with Crippen LogP contribution >= 0.6 is 0 Å². The van der Waals surface area contributed by atoms with Gasteiger partial charge in [0.15, 0.2) is 0 Å². The molecule has 0 aliphatic heterocycles. The van der Waals surface area contributed by atoms with Crippen molar-refractivity contribution < 1.29 is 0 Å². The van der Waals surface area contributed by atoms with Crippen molar-refractivity contribution in [3.8, 4) is 0 Å². The van der Waals surface area contributed by atoms with Crippen LogP contribution in [0, 0.1) is 11.8 Å². The van der Waals surface area contributed by atoms with Crippen LogP contribution in [0.2, 0.25) is 0 Å². The summed E-state index contributed by atoms with van der Waals surface area (Å²) in [5.74, 6) is 1.93. The summed E-state index contributed by atoms with van der Waals surface area (Å²) in [6.45, 7) is 4.54. The van der Waals surface area contributed by atoms with Crippen LogP contribution in [0.15, 0.2) is 18.3 Å². The topological polar surface area (TPSA) is 17.0 Å². The fourth-order valence-corrected chi connectivity index (χ4v) is 2.93. The minimum atomic E-state index is 0.915. The van der Waals surface area contributed by atoms with Gasteiger partial charge in [0.05, 0.1) is 0 Å². The van der Waals surface area contributed by atoms with E-state index in [1.807, 2.05) is 0 Å². The van der Waals surface area contributed by atoms with Gasteiger partial charge in [0.2, 0.25) is 0 Å². The molecule has 2 rings (SSSR count). The molecule has 1 heterocycles. The molecule has 1 aromatic heterocycles. The maximum absolute atomic E-state index is 3.61. The summed E-state index contributed by atoms with van der Waals surface area (Å²) in [6.07, 6.45) is 9.25. The zero-order valence-corrected chi connectivity index (χ0v) is 11.3. The molecule has 0 saturated heterocycles. The van der Waals surface area contributed by atoms with E-state index in [0.717, 1.165) is 18.4 Å². The Morgan fingerprint density at radius 1 is 1.24 bits per heavy atom. The van der Waals surface area contributed by atoms with Crippen molar-refractivity contribution in [3.63, 3.8) is 0 Å². The third-order valence-electron chi connectivity index (χ3n) is 4.33. The van der Waals surface area contributed by atoms with Crippen LogP contribution in [-0.2, 0) is 13.6 Å². The summed E-state index contributed by atoms with van der Waals surface area (Å²) < 4.78 is 2.20. The highest BCUT2D eigenvalue weighted by atomic mass is 15.0. The van der Waals surface area contributed by atoms with E-state index in [-0.39, 0.29) is 0 Å². The summed E-state index contributed by atoms with van der Waals surface area (Å²) in [4.78, 5) is 0. The maximum atomic E-state index is 3.61. The quantitative estimate of drug-likeness (QED) is 0.827. The summed E-state index contributed by atoms with van der Waals surface area (Å²) in [5, 5.41) is 3.61. The largest absolute Gasteiger partial charge is 0.353 e. The van der Waals surface area contributed by atoms with Crippen LogP contribution in [0.4, 0.5) is 0 Å². The van der Waals surface area contributed by atoms with E-state index in [2.05, 4.69) is 42.2 Å².